The predicted molar refractivity (Wildman–Crippen MR) is 70.6 cm³/mol. The van der Waals surface area contributed by atoms with E-state index in [4.69, 9.17) is 11.6 Å². The molecule has 1 heterocycles. The minimum Gasteiger partial charge on any atom is -0.507 e. The van der Waals surface area contributed by atoms with Gasteiger partial charge in [0.05, 0.1) is 0 Å². The average molecular weight is 260 g/mol. The molecule has 0 atom stereocenters. The van der Waals surface area contributed by atoms with Gasteiger partial charge in [0.2, 0.25) is 0 Å². The molecule has 1 N–H and O–H groups in total. The third kappa shape index (κ3) is 2.96. The zero-order valence-electron chi connectivity index (χ0n) is 9.38. The van der Waals surface area contributed by atoms with Crippen molar-refractivity contribution < 1.29 is 9.90 Å². The molecule has 0 unspecified atom stereocenters. The first-order chi connectivity index (χ1) is 8.66. The van der Waals surface area contributed by atoms with Crippen molar-refractivity contribution in [3.8, 4) is 0 Å². The number of aliphatic hydroxyl groups is 1. The van der Waals surface area contributed by atoms with Crippen LogP contribution in [0.15, 0.2) is 54.9 Å². The average Bonchev–Trinajstić information content (AvgIpc) is 2.40. The van der Waals surface area contributed by atoms with E-state index in [2.05, 4.69) is 4.98 Å². The summed E-state index contributed by atoms with van der Waals surface area (Å²) >= 11 is 5.73. The zero-order chi connectivity index (χ0) is 13.0. The lowest BCUT2D eigenvalue weighted by atomic mass is 10.1. The lowest BCUT2D eigenvalue weighted by molar-refractivity contribution is 0.104. The first-order valence-corrected chi connectivity index (χ1v) is 5.65. The second-order valence-electron chi connectivity index (χ2n) is 3.64. The van der Waals surface area contributed by atoms with Crippen molar-refractivity contribution in [3.05, 3.63) is 71.0 Å². The Kier molecular flexibility index (Phi) is 3.75. The molecule has 0 aliphatic carbocycles. The Morgan fingerprint density at radius 1 is 1.17 bits per heavy atom. The van der Waals surface area contributed by atoms with Crippen molar-refractivity contribution in [3.63, 3.8) is 0 Å². The summed E-state index contributed by atoms with van der Waals surface area (Å²) in [7, 11) is 0. The van der Waals surface area contributed by atoms with Crippen LogP contribution in [0.25, 0.3) is 5.76 Å². The third-order valence-corrected chi connectivity index (χ3v) is 2.61. The number of rotatable bonds is 3. The highest BCUT2D eigenvalue weighted by Gasteiger charge is 2.06. The fourth-order valence-corrected chi connectivity index (χ4v) is 1.55. The van der Waals surface area contributed by atoms with Crippen LogP contribution in [0.4, 0.5) is 0 Å². The number of carbonyl (C=O) groups is 1. The Morgan fingerprint density at radius 2 is 1.89 bits per heavy atom. The van der Waals surface area contributed by atoms with E-state index < -0.39 is 0 Å². The number of carbonyl (C=O) groups excluding carboxylic acids is 1. The molecule has 0 saturated heterocycles. The highest BCUT2D eigenvalue weighted by molar-refractivity contribution is 6.30. The number of hydrogen-bond donors (Lipinski definition) is 1. The number of pyridine rings is 1. The van der Waals surface area contributed by atoms with Gasteiger partial charge in [-0.15, -0.1) is 0 Å². The summed E-state index contributed by atoms with van der Waals surface area (Å²) in [6.07, 6.45) is 4.25. The van der Waals surface area contributed by atoms with Crippen molar-refractivity contribution in [2.75, 3.05) is 0 Å². The number of nitrogens with zero attached hydrogens (tertiary/aromatic N) is 1. The minimum absolute atomic E-state index is 0.108. The molecule has 0 bridgehead atoms. The molecule has 1 aromatic carbocycles. The van der Waals surface area contributed by atoms with Crippen molar-refractivity contribution in [2.45, 2.75) is 0 Å². The molecule has 3 nitrogen and oxygen atoms in total. The van der Waals surface area contributed by atoms with Gasteiger partial charge in [-0.25, -0.2) is 0 Å². The smallest absolute Gasteiger partial charge is 0.189 e. The van der Waals surface area contributed by atoms with Crippen LogP contribution >= 0.6 is 11.6 Å². The van der Waals surface area contributed by atoms with Crippen LogP contribution in [-0.4, -0.2) is 15.9 Å². The van der Waals surface area contributed by atoms with Gasteiger partial charge in [-0.05, 0) is 36.4 Å². The van der Waals surface area contributed by atoms with E-state index in [0.29, 0.717) is 16.1 Å². The third-order valence-electron chi connectivity index (χ3n) is 2.35. The van der Waals surface area contributed by atoms with Gasteiger partial charge in [-0.3, -0.25) is 9.78 Å². The number of benzene rings is 1. The molecule has 1 aromatic heterocycles. The highest BCUT2D eigenvalue weighted by Crippen LogP contribution is 2.13. The number of ketones is 1. The Balaban J connectivity index is 2.23. The van der Waals surface area contributed by atoms with Crippen molar-refractivity contribution in [1.82, 2.24) is 4.98 Å². The molecular weight excluding hydrogens is 250 g/mol. The summed E-state index contributed by atoms with van der Waals surface area (Å²) in [5, 5.41) is 10.3. The lowest BCUT2D eigenvalue weighted by Crippen LogP contribution is -1.96. The quantitative estimate of drug-likeness (QED) is 0.521. The molecule has 0 amide bonds. The number of allylic oxidation sites excluding steroid dienone is 1. The van der Waals surface area contributed by atoms with E-state index >= 15 is 0 Å². The summed E-state index contributed by atoms with van der Waals surface area (Å²) in [5.41, 5.74) is 0.967. The summed E-state index contributed by atoms with van der Waals surface area (Å²) in [6.45, 7) is 0. The Labute approximate surface area is 109 Å². The molecule has 18 heavy (non-hydrogen) atoms. The standard InChI is InChI=1S/C14H10ClNO2/c15-12-5-3-10(4-6-12)13(17)8-14(18)11-2-1-7-16-9-11/h1-9,18H. The first kappa shape index (κ1) is 12.3. The predicted octanol–water partition coefficient (Wildman–Crippen LogP) is 3.52. The second-order valence-corrected chi connectivity index (χ2v) is 4.08. The van der Waals surface area contributed by atoms with Crippen molar-refractivity contribution in [2.24, 2.45) is 0 Å². The zero-order valence-corrected chi connectivity index (χ0v) is 10.1. The minimum atomic E-state index is -0.284. The highest BCUT2D eigenvalue weighted by atomic mass is 35.5. The number of hydrogen-bond acceptors (Lipinski definition) is 3. The Hall–Kier alpha value is -2.13. The van der Waals surface area contributed by atoms with E-state index in [1.54, 1.807) is 42.6 Å². The number of aromatic nitrogens is 1. The van der Waals surface area contributed by atoms with E-state index in [-0.39, 0.29) is 11.5 Å². The van der Waals surface area contributed by atoms with Crippen LogP contribution in [0, 0.1) is 0 Å². The fraction of sp³-hybridized carbons (Fsp3) is 0. The van der Waals surface area contributed by atoms with Crippen LogP contribution < -0.4 is 0 Å². The lowest BCUT2D eigenvalue weighted by Gasteiger charge is -2.00. The fourth-order valence-electron chi connectivity index (χ4n) is 1.42. The molecule has 90 valence electrons. The summed E-state index contributed by atoms with van der Waals surface area (Å²) < 4.78 is 0. The Bertz CT molecular complexity index is 577. The summed E-state index contributed by atoms with van der Waals surface area (Å²) in [6, 6.07) is 9.84. The number of halogens is 1. The summed E-state index contributed by atoms with van der Waals surface area (Å²) in [4.78, 5) is 15.7. The maximum absolute atomic E-state index is 11.8. The largest absolute Gasteiger partial charge is 0.507 e. The molecule has 0 aliphatic heterocycles. The first-order valence-electron chi connectivity index (χ1n) is 5.28. The molecule has 4 heteroatoms. The van der Waals surface area contributed by atoms with Gasteiger partial charge >= 0.3 is 0 Å². The van der Waals surface area contributed by atoms with Gasteiger partial charge < -0.3 is 5.11 Å². The van der Waals surface area contributed by atoms with Crippen molar-refractivity contribution >= 4 is 23.1 Å². The molecular formula is C14H10ClNO2. The number of aliphatic hydroxyl groups excluding tert-OH is 1. The SMILES string of the molecule is O=C(C=C(O)c1cccnc1)c1ccc(Cl)cc1. The normalized spacial score (nSPS) is 11.3. The van der Waals surface area contributed by atoms with Crippen molar-refractivity contribution in [1.29, 1.82) is 0 Å². The van der Waals surface area contributed by atoms with Gasteiger partial charge in [-0.2, -0.15) is 0 Å². The maximum atomic E-state index is 11.8. The summed E-state index contributed by atoms with van der Waals surface area (Å²) in [5.74, 6) is -0.393. The topological polar surface area (TPSA) is 50.2 Å². The second kappa shape index (κ2) is 5.47. The van der Waals surface area contributed by atoms with Crippen LogP contribution in [0.5, 0.6) is 0 Å². The van der Waals surface area contributed by atoms with E-state index in [9.17, 15) is 9.90 Å². The van der Waals surface area contributed by atoms with Crippen LogP contribution in [0.3, 0.4) is 0 Å². The molecule has 0 aliphatic rings. The monoisotopic (exact) mass is 259 g/mol. The van der Waals surface area contributed by atoms with E-state index in [1.165, 1.54) is 12.3 Å². The van der Waals surface area contributed by atoms with E-state index in [1.807, 2.05) is 0 Å². The van der Waals surface area contributed by atoms with Gasteiger partial charge in [0.1, 0.15) is 5.76 Å². The molecule has 2 rings (SSSR count). The van der Waals surface area contributed by atoms with Crippen LogP contribution in [-0.2, 0) is 0 Å². The van der Waals surface area contributed by atoms with Gasteiger partial charge in [-0.1, -0.05) is 11.6 Å². The van der Waals surface area contributed by atoms with Gasteiger partial charge in [0.25, 0.3) is 0 Å². The molecule has 0 radical (unpaired) electrons. The van der Waals surface area contributed by atoms with E-state index in [0.717, 1.165) is 0 Å². The molecule has 0 saturated carbocycles. The van der Waals surface area contributed by atoms with Gasteiger partial charge in [0.15, 0.2) is 5.78 Å². The molecule has 0 fully saturated rings. The van der Waals surface area contributed by atoms with Crippen LogP contribution in [0.1, 0.15) is 15.9 Å². The van der Waals surface area contributed by atoms with Crippen LogP contribution in [0.2, 0.25) is 5.02 Å². The maximum Gasteiger partial charge on any atom is 0.189 e. The molecule has 0 spiro atoms. The Morgan fingerprint density at radius 3 is 2.50 bits per heavy atom. The van der Waals surface area contributed by atoms with Gasteiger partial charge in [0, 0.05) is 34.6 Å². The molecule has 2 aromatic rings.